The molecule has 1 saturated heterocycles. The Kier molecular flexibility index (Phi) is 4.89. The van der Waals surface area contributed by atoms with E-state index in [2.05, 4.69) is 10.1 Å². The summed E-state index contributed by atoms with van der Waals surface area (Å²) in [6.07, 6.45) is 7.18. The highest BCUT2D eigenvalue weighted by Crippen LogP contribution is 2.22. The number of aromatic nitrogens is 3. The van der Waals surface area contributed by atoms with Gasteiger partial charge in [0, 0.05) is 36.8 Å². The monoisotopic (exact) mass is 372 g/mol. The minimum absolute atomic E-state index is 0.0183. The SMILES string of the molecule is Cc1ncc(CC(=O)N2CCC(Cn3nc4c(cc3=O)CCC4)CC2)s1. The van der Waals surface area contributed by atoms with Crippen molar-refractivity contribution in [2.24, 2.45) is 5.92 Å². The lowest BCUT2D eigenvalue weighted by Gasteiger charge is -2.32. The summed E-state index contributed by atoms with van der Waals surface area (Å²) in [4.78, 5) is 31.9. The number of piperidine rings is 1. The van der Waals surface area contributed by atoms with E-state index < -0.39 is 0 Å². The maximum Gasteiger partial charge on any atom is 0.267 e. The van der Waals surface area contributed by atoms with Gasteiger partial charge in [-0.15, -0.1) is 11.3 Å². The van der Waals surface area contributed by atoms with Gasteiger partial charge in [-0.3, -0.25) is 9.59 Å². The molecule has 0 atom stereocenters. The average molecular weight is 372 g/mol. The van der Waals surface area contributed by atoms with Crippen molar-refractivity contribution in [3.63, 3.8) is 0 Å². The van der Waals surface area contributed by atoms with E-state index >= 15 is 0 Å². The first-order valence-corrected chi connectivity index (χ1v) is 10.2. The van der Waals surface area contributed by atoms with Crippen LogP contribution in [0.15, 0.2) is 17.1 Å². The molecule has 0 bridgehead atoms. The molecule has 7 heteroatoms. The molecule has 2 aromatic heterocycles. The van der Waals surface area contributed by atoms with Crippen LogP contribution in [0.5, 0.6) is 0 Å². The van der Waals surface area contributed by atoms with Crippen LogP contribution in [0.25, 0.3) is 0 Å². The third kappa shape index (κ3) is 3.72. The lowest BCUT2D eigenvalue weighted by molar-refractivity contribution is -0.131. The van der Waals surface area contributed by atoms with E-state index in [0.29, 0.717) is 18.9 Å². The fourth-order valence-corrected chi connectivity index (χ4v) is 4.71. The molecule has 0 radical (unpaired) electrons. The Morgan fingerprint density at radius 2 is 2.12 bits per heavy atom. The summed E-state index contributed by atoms with van der Waals surface area (Å²) in [7, 11) is 0. The van der Waals surface area contributed by atoms with E-state index in [0.717, 1.165) is 66.3 Å². The van der Waals surface area contributed by atoms with Crippen molar-refractivity contribution in [1.82, 2.24) is 19.7 Å². The number of hydrogen-bond acceptors (Lipinski definition) is 5. The van der Waals surface area contributed by atoms with Gasteiger partial charge in [0.1, 0.15) is 0 Å². The maximum atomic E-state index is 12.5. The van der Waals surface area contributed by atoms with E-state index in [9.17, 15) is 9.59 Å². The van der Waals surface area contributed by atoms with Gasteiger partial charge in [0.2, 0.25) is 5.91 Å². The molecule has 0 aromatic carbocycles. The molecular weight excluding hydrogens is 348 g/mol. The second-order valence-corrected chi connectivity index (χ2v) is 8.66. The Balaban J connectivity index is 1.32. The number of likely N-dealkylation sites (tertiary alicyclic amines) is 1. The first-order valence-electron chi connectivity index (χ1n) is 9.37. The number of hydrogen-bond donors (Lipinski definition) is 0. The summed E-state index contributed by atoms with van der Waals surface area (Å²) in [5.74, 6) is 0.592. The van der Waals surface area contributed by atoms with Crippen molar-refractivity contribution in [1.29, 1.82) is 0 Å². The zero-order valence-corrected chi connectivity index (χ0v) is 15.9. The molecule has 2 aromatic rings. The minimum Gasteiger partial charge on any atom is -0.342 e. The van der Waals surface area contributed by atoms with Gasteiger partial charge in [-0.25, -0.2) is 9.67 Å². The summed E-state index contributed by atoms with van der Waals surface area (Å²) in [5, 5.41) is 5.58. The fourth-order valence-electron chi connectivity index (χ4n) is 3.93. The lowest BCUT2D eigenvalue weighted by Crippen LogP contribution is -2.41. The normalized spacial score (nSPS) is 17.5. The van der Waals surface area contributed by atoms with Crippen LogP contribution in [0, 0.1) is 12.8 Å². The van der Waals surface area contributed by atoms with Gasteiger partial charge in [0.15, 0.2) is 0 Å². The molecule has 1 amide bonds. The molecule has 0 unspecified atom stereocenters. The molecule has 0 spiro atoms. The van der Waals surface area contributed by atoms with Gasteiger partial charge in [-0.05, 0) is 50.5 Å². The molecule has 6 nitrogen and oxygen atoms in total. The Morgan fingerprint density at radius 3 is 2.85 bits per heavy atom. The van der Waals surface area contributed by atoms with E-state index in [4.69, 9.17) is 0 Å². The van der Waals surface area contributed by atoms with E-state index in [1.54, 1.807) is 28.3 Å². The van der Waals surface area contributed by atoms with Crippen molar-refractivity contribution in [2.75, 3.05) is 13.1 Å². The highest BCUT2D eigenvalue weighted by atomic mass is 32.1. The number of nitrogens with zero attached hydrogens (tertiary/aromatic N) is 4. The topological polar surface area (TPSA) is 68.1 Å². The molecule has 26 heavy (non-hydrogen) atoms. The highest BCUT2D eigenvalue weighted by Gasteiger charge is 2.24. The van der Waals surface area contributed by atoms with Crippen LogP contribution in [0.3, 0.4) is 0 Å². The van der Waals surface area contributed by atoms with Crippen LogP contribution in [0.2, 0.25) is 0 Å². The fraction of sp³-hybridized carbons (Fsp3) is 0.579. The van der Waals surface area contributed by atoms with Crippen LogP contribution in [-0.4, -0.2) is 38.7 Å². The first kappa shape index (κ1) is 17.4. The molecule has 1 fully saturated rings. The van der Waals surface area contributed by atoms with Gasteiger partial charge < -0.3 is 4.90 Å². The summed E-state index contributed by atoms with van der Waals surface area (Å²) in [6, 6.07) is 1.77. The number of carbonyl (C=O) groups is 1. The number of aryl methyl sites for hydroxylation is 3. The lowest BCUT2D eigenvalue weighted by atomic mass is 9.96. The van der Waals surface area contributed by atoms with Crippen molar-refractivity contribution in [3.05, 3.63) is 43.8 Å². The summed E-state index contributed by atoms with van der Waals surface area (Å²) in [6.45, 7) is 4.16. The third-order valence-corrected chi connectivity index (χ3v) is 6.33. The van der Waals surface area contributed by atoms with E-state index in [1.807, 2.05) is 11.8 Å². The Bertz CT molecular complexity index is 865. The predicted octanol–water partition coefficient (Wildman–Crippen LogP) is 1.98. The zero-order valence-electron chi connectivity index (χ0n) is 15.1. The smallest absolute Gasteiger partial charge is 0.267 e. The minimum atomic E-state index is 0.0183. The van der Waals surface area contributed by atoms with Gasteiger partial charge in [0.25, 0.3) is 5.56 Å². The van der Waals surface area contributed by atoms with Crippen LogP contribution < -0.4 is 5.56 Å². The zero-order chi connectivity index (χ0) is 18.1. The standard InChI is InChI=1S/C19H24N4O2S/c1-13-20-11-16(26-13)10-18(24)22-7-5-14(6-8-22)12-23-19(25)9-15-3-2-4-17(15)21-23/h9,11,14H,2-8,10,12H2,1H3. The molecule has 3 heterocycles. The van der Waals surface area contributed by atoms with Crippen molar-refractivity contribution in [2.45, 2.75) is 52.0 Å². The second-order valence-electron chi connectivity index (χ2n) is 7.34. The number of thiazole rings is 1. The summed E-state index contributed by atoms with van der Waals surface area (Å²) < 4.78 is 1.65. The number of fused-ring (bicyclic) bond motifs is 1. The quantitative estimate of drug-likeness (QED) is 0.823. The Labute approximate surface area is 156 Å². The number of amides is 1. The van der Waals surface area contributed by atoms with E-state index in [1.165, 1.54) is 0 Å². The van der Waals surface area contributed by atoms with Crippen molar-refractivity contribution >= 4 is 17.2 Å². The van der Waals surface area contributed by atoms with Gasteiger partial charge in [0.05, 0.1) is 17.1 Å². The second kappa shape index (κ2) is 7.31. The largest absolute Gasteiger partial charge is 0.342 e. The van der Waals surface area contributed by atoms with Crippen LogP contribution in [0.1, 0.15) is 40.4 Å². The van der Waals surface area contributed by atoms with Crippen molar-refractivity contribution in [3.8, 4) is 0 Å². The van der Waals surface area contributed by atoms with Gasteiger partial charge in [-0.1, -0.05) is 0 Å². The Morgan fingerprint density at radius 1 is 1.31 bits per heavy atom. The average Bonchev–Trinajstić information content (AvgIpc) is 3.24. The van der Waals surface area contributed by atoms with Crippen molar-refractivity contribution < 1.29 is 4.79 Å². The van der Waals surface area contributed by atoms with E-state index in [-0.39, 0.29) is 11.5 Å². The molecule has 0 N–H and O–H groups in total. The molecule has 1 aliphatic heterocycles. The van der Waals surface area contributed by atoms with Crippen LogP contribution in [0.4, 0.5) is 0 Å². The molecule has 2 aliphatic rings. The predicted molar refractivity (Wildman–Crippen MR) is 100 cm³/mol. The molecule has 0 saturated carbocycles. The maximum absolute atomic E-state index is 12.5. The highest BCUT2D eigenvalue weighted by molar-refractivity contribution is 7.11. The number of rotatable bonds is 4. The van der Waals surface area contributed by atoms with Gasteiger partial charge in [-0.2, -0.15) is 5.10 Å². The summed E-state index contributed by atoms with van der Waals surface area (Å²) in [5.41, 5.74) is 2.24. The van der Waals surface area contributed by atoms with Crippen LogP contribution in [-0.2, 0) is 30.6 Å². The Hall–Kier alpha value is -2.02. The van der Waals surface area contributed by atoms with Gasteiger partial charge >= 0.3 is 0 Å². The number of carbonyl (C=O) groups excluding carboxylic acids is 1. The third-order valence-electron chi connectivity index (χ3n) is 5.42. The molecule has 138 valence electrons. The first-order chi connectivity index (χ1) is 12.6. The molecular formula is C19H24N4O2S. The molecule has 4 rings (SSSR count). The molecule has 1 aliphatic carbocycles. The summed E-state index contributed by atoms with van der Waals surface area (Å²) >= 11 is 1.59. The van der Waals surface area contributed by atoms with Crippen LogP contribution >= 0.6 is 11.3 Å².